The van der Waals surface area contributed by atoms with Crippen LogP contribution in [-0.2, 0) is 4.74 Å². The molecule has 1 aliphatic rings. The van der Waals surface area contributed by atoms with E-state index < -0.39 is 35.6 Å². The summed E-state index contributed by atoms with van der Waals surface area (Å²) in [6.45, 7) is 1.53. The number of nitrogens with zero attached hydrogens (tertiary/aromatic N) is 1. The SMILES string of the molecule is C[C@@H]1O[C@H](Oc2ccc([N+](=O)[O-])cc2)[C@H](O)[C@H](O)[C@H]1O. The van der Waals surface area contributed by atoms with E-state index in [1.807, 2.05) is 0 Å². The van der Waals surface area contributed by atoms with Gasteiger partial charge in [-0.2, -0.15) is 0 Å². The normalized spacial score (nSPS) is 33.7. The quantitative estimate of drug-likeness (QED) is 0.519. The van der Waals surface area contributed by atoms with Crippen LogP contribution in [0.5, 0.6) is 5.75 Å². The molecule has 1 saturated heterocycles. The molecule has 0 saturated carbocycles. The van der Waals surface area contributed by atoms with Crippen molar-refractivity contribution >= 4 is 5.69 Å². The molecule has 0 radical (unpaired) electrons. The minimum Gasteiger partial charge on any atom is -0.462 e. The van der Waals surface area contributed by atoms with E-state index in [9.17, 15) is 25.4 Å². The lowest BCUT2D eigenvalue weighted by Gasteiger charge is -2.38. The molecule has 0 unspecified atom stereocenters. The molecule has 110 valence electrons. The second-order valence-electron chi connectivity index (χ2n) is 4.55. The number of ether oxygens (including phenoxy) is 2. The Morgan fingerprint density at radius 3 is 2.30 bits per heavy atom. The first-order valence-corrected chi connectivity index (χ1v) is 6.01. The molecule has 0 aromatic heterocycles. The molecular weight excluding hydrogens is 270 g/mol. The Kier molecular flexibility index (Phi) is 4.19. The van der Waals surface area contributed by atoms with E-state index in [1.165, 1.54) is 31.2 Å². The molecular formula is C12H15NO7. The van der Waals surface area contributed by atoms with Crippen molar-refractivity contribution < 1.29 is 29.7 Å². The summed E-state index contributed by atoms with van der Waals surface area (Å²) in [5, 5.41) is 39.4. The van der Waals surface area contributed by atoms with Gasteiger partial charge in [-0.15, -0.1) is 0 Å². The van der Waals surface area contributed by atoms with E-state index in [4.69, 9.17) is 9.47 Å². The van der Waals surface area contributed by atoms with Crippen LogP contribution in [0.4, 0.5) is 5.69 Å². The Bertz CT molecular complexity index is 477. The fraction of sp³-hybridized carbons (Fsp3) is 0.500. The van der Waals surface area contributed by atoms with Gasteiger partial charge in [0, 0.05) is 12.1 Å². The first kappa shape index (κ1) is 14.7. The van der Waals surface area contributed by atoms with E-state index >= 15 is 0 Å². The third kappa shape index (κ3) is 2.88. The van der Waals surface area contributed by atoms with Gasteiger partial charge in [0.2, 0.25) is 6.29 Å². The third-order valence-electron chi connectivity index (χ3n) is 3.11. The van der Waals surface area contributed by atoms with Gasteiger partial charge in [-0.05, 0) is 19.1 Å². The molecule has 0 amide bonds. The molecule has 0 bridgehead atoms. The minimum absolute atomic E-state index is 0.0914. The molecule has 5 atom stereocenters. The van der Waals surface area contributed by atoms with Crippen LogP contribution in [-0.4, -0.2) is 50.9 Å². The van der Waals surface area contributed by atoms with E-state index in [2.05, 4.69) is 0 Å². The number of hydrogen-bond donors (Lipinski definition) is 3. The number of nitro groups is 1. The first-order chi connectivity index (χ1) is 9.40. The monoisotopic (exact) mass is 285 g/mol. The highest BCUT2D eigenvalue weighted by atomic mass is 16.7. The van der Waals surface area contributed by atoms with Crippen molar-refractivity contribution in [3.63, 3.8) is 0 Å². The van der Waals surface area contributed by atoms with Crippen molar-refractivity contribution in [2.45, 2.75) is 37.6 Å². The molecule has 3 N–H and O–H groups in total. The van der Waals surface area contributed by atoms with Crippen LogP contribution in [0.3, 0.4) is 0 Å². The van der Waals surface area contributed by atoms with Crippen molar-refractivity contribution in [1.82, 2.24) is 0 Å². The highest BCUT2D eigenvalue weighted by Gasteiger charge is 2.43. The average Bonchev–Trinajstić information content (AvgIpc) is 2.43. The topological polar surface area (TPSA) is 122 Å². The van der Waals surface area contributed by atoms with Crippen molar-refractivity contribution in [1.29, 1.82) is 0 Å². The van der Waals surface area contributed by atoms with Crippen LogP contribution in [0.1, 0.15) is 6.92 Å². The molecule has 20 heavy (non-hydrogen) atoms. The van der Waals surface area contributed by atoms with Gasteiger partial charge < -0.3 is 24.8 Å². The Labute approximate surface area is 114 Å². The molecule has 0 aliphatic carbocycles. The lowest BCUT2D eigenvalue weighted by Crippen LogP contribution is -2.58. The maximum atomic E-state index is 10.5. The standard InChI is InChI=1S/C12H15NO7/c1-6-9(14)10(15)11(16)12(19-6)20-8-4-2-7(3-5-8)13(17)18/h2-6,9-12,14-16H,1H3/t6-,9-,10+,11+,12+/m0/s1. The zero-order chi connectivity index (χ0) is 14.9. The number of aliphatic hydroxyl groups is 3. The lowest BCUT2D eigenvalue weighted by molar-refractivity contribution is -0.384. The number of benzene rings is 1. The summed E-state index contributed by atoms with van der Waals surface area (Å²) >= 11 is 0. The molecule has 1 heterocycles. The molecule has 1 aliphatic heterocycles. The van der Waals surface area contributed by atoms with Crippen LogP contribution in [0.25, 0.3) is 0 Å². The highest BCUT2D eigenvalue weighted by Crippen LogP contribution is 2.25. The zero-order valence-corrected chi connectivity index (χ0v) is 10.6. The molecule has 1 fully saturated rings. The van der Waals surface area contributed by atoms with E-state index in [0.717, 1.165) is 0 Å². The Morgan fingerprint density at radius 2 is 1.75 bits per heavy atom. The smallest absolute Gasteiger partial charge is 0.269 e. The Hall–Kier alpha value is -1.74. The van der Waals surface area contributed by atoms with Gasteiger partial charge >= 0.3 is 0 Å². The minimum atomic E-state index is -1.42. The second-order valence-corrected chi connectivity index (χ2v) is 4.55. The summed E-state index contributed by atoms with van der Waals surface area (Å²) in [7, 11) is 0. The second kappa shape index (κ2) is 5.71. The number of hydrogen-bond acceptors (Lipinski definition) is 7. The first-order valence-electron chi connectivity index (χ1n) is 6.01. The molecule has 8 heteroatoms. The van der Waals surface area contributed by atoms with Gasteiger partial charge in [-0.1, -0.05) is 0 Å². The van der Waals surface area contributed by atoms with Crippen LogP contribution < -0.4 is 4.74 Å². The summed E-state index contributed by atoms with van der Waals surface area (Å²) in [5.41, 5.74) is -0.0914. The Morgan fingerprint density at radius 1 is 1.15 bits per heavy atom. The maximum Gasteiger partial charge on any atom is 0.269 e. The van der Waals surface area contributed by atoms with Crippen LogP contribution in [0, 0.1) is 10.1 Å². The molecule has 1 aromatic carbocycles. The van der Waals surface area contributed by atoms with Crippen molar-refractivity contribution in [3.8, 4) is 5.75 Å². The predicted octanol–water partition coefficient (Wildman–Crippen LogP) is -0.199. The van der Waals surface area contributed by atoms with E-state index in [0.29, 0.717) is 0 Å². The highest BCUT2D eigenvalue weighted by molar-refractivity contribution is 5.36. The summed E-state index contributed by atoms with van der Waals surface area (Å²) < 4.78 is 10.6. The molecule has 8 nitrogen and oxygen atoms in total. The predicted molar refractivity (Wildman–Crippen MR) is 66.1 cm³/mol. The average molecular weight is 285 g/mol. The summed E-state index contributed by atoms with van der Waals surface area (Å²) in [4.78, 5) is 9.97. The van der Waals surface area contributed by atoms with Gasteiger partial charge in [0.05, 0.1) is 11.0 Å². The summed E-state index contributed by atoms with van der Waals surface area (Å²) in [6.07, 6.45) is -5.89. The zero-order valence-electron chi connectivity index (χ0n) is 10.6. The molecule has 1 aromatic rings. The maximum absolute atomic E-state index is 10.5. The van der Waals surface area contributed by atoms with Crippen molar-refractivity contribution in [3.05, 3.63) is 34.4 Å². The van der Waals surface area contributed by atoms with E-state index in [-0.39, 0.29) is 11.4 Å². The molecule has 0 spiro atoms. The summed E-state index contributed by atoms with van der Waals surface area (Å²) in [5.74, 6) is 0.246. The number of rotatable bonds is 3. The largest absolute Gasteiger partial charge is 0.462 e. The van der Waals surface area contributed by atoms with Gasteiger partial charge in [0.25, 0.3) is 5.69 Å². The van der Waals surface area contributed by atoms with Crippen molar-refractivity contribution in [2.75, 3.05) is 0 Å². The number of nitro benzene ring substituents is 1. The third-order valence-corrected chi connectivity index (χ3v) is 3.11. The fourth-order valence-electron chi connectivity index (χ4n) is 1.89. The van der Waals surface area contributed by atoms with Crippen molar-refractivity contribution in [2.24, 2.45) is 0 Å². The van der Waals surface area contributed by atoms with E-state index in [1.54, 1.807) is 0 Å². The Balaban J connectivity index is 2.07. The van der Waals surface area contributed by atoms with Gasteiger partial charge in [-0.3, -0.25) is 10.1 Å². The van der Waals surface area contributed by atoms with Gasteiger partial charge in [0.1, 0.15) is 24.1 Å². The van der Waals surface area contributed by atoms with Gasteiger partial charge in [-0.25, -0.2) is 0 Å². The van der Waals surface area contributed by atoms with Gasteiger partial charge in [0.15, 0.2) is 0 Å². The summed E-state index contributed by atoms with van der Waals surface area (Å²) in [6, 6.07) is 5.21. The fourth-order valence-corrected chi connectivity index (χ4v) is 1.89. The van der Waals surface area contributed by atoms with Crippen LogP contribution in [0.2, 0.25) is 0 Å². The lowest BCUT2D eigenvalue weighted by atomic mass is 10.00. The number of aliphatic hydroxyl groups excluding tert-OH is 3. The number of non-ortho nitro benzene ring substituents is 1. The van der Waals surface area contributed by atoms with Crippen LogP contribution >= 0.6 is 0 Å². The molecule has 2 rings (SSSR count). The van der Waals surface area contributed by atoms with Crippen LogP contribution in [0.15, 0.2) is 24.3 Å².